The zero-order chi connectivity index (χ0) is 17.7. The molecule has 1 aromatic heterocycles. The van der Waals surface area contributed by atoms with Gasteiger partial charge in [-0.25, -0.2) is 4.98 Å². The van der Waals surface area contributed by atoms with Crippen LogP contribution in [0.1, 0.15) is 44.6 Å². The maximum absolute atomic E-state index is 10.2. The number of hydrogen-bond donors (Lipinski definition) is 3. The van der Waals surface area contributed by atoms with Crippen molar-refractivity contribution in [1.29, 1.82) is 0 Å². The first kappa shape index (κ1) is 21.2. The number of aliphatic imine (C=N–C) groups is 1. The fraction of sp³-hybridized carbons (Fsp3) is 0.684. The second kappa shape index (κ2) is 9.73. The van der Waals surface area contributed by atoms with Gasteiger partial charge in [0.15, 0.2) is 5.96 Å². The van der Waals surface area contributed by atoms with E-state index in [1.165, 1.54) is 5.56 Å². The van der Waals surface area contributed by atoms with E-state index in [-0.39, 0.29) is 24.0 Å². The van der Waals surface area contributed by atoms with Crippen molar-refractivity contribution in [2.75, 3.05) is 31.1 Å². The highest BCUT2D eigenvalue weighted by Crippen LogP contribution is 2.31. The average Bonchev–Trinajstić information content (AvgIpc) is 2.60. The molecule has 0 bridgehead atoms. The summed E-state index contributed by atoms with van der Waals surface area (Å²) in [5.74, 6) is 1.89. The predicted octanol–water partition coefficient (Wildman–Crippen LogP) is 2.45. The molecule has 2 fully saturated rings. The number of anilines is 1. The Morgan fingerprint density at radius 1 is 1.35 bits per heavy atom. The summed E-state index contributed by atoms with van der Waals surface area (Å²) in [5, 5.41) is 17.1. The van der Waals surface area contributed by atoms with Gasteiger partial charge in [0.25, 0.3) is 0 Å². The SMILES string of the molecule is CCNC(=NCC1(O)CCC1)NC1CCN(c2ccc(C)cn2)CC1.I. The third-order valence-electron chi connectivity index (χ3n) is 5.22. The van der Waals surface area contributed by atoms with Crippen molar-refractivity contribution in [3.05, 3.63) is 23.9 Å². The molecule has 2 heterocycles. The summed E-state index contributed by atoms with van der Waals surface area (Å²) in [6, 6.07) is 4.64. The standard InChI is InChI=1S/C19H31N5O.HI/c1-3-20-18(22-14-19(25)9-4-10-19)23-16-7-11-24(12-8-16)17-6-5-15(2)13-21-17;/h5-6,13,16,25H,3-4,7-12,14H2,1-2H3,(H2,20,22,23);1H. The Balaban J connectivity index is 0.00000243. The summed E-state index contributed by atoms with van der Waals surface area (Å²) < 4.78 is 0. The largest absolute Gasteiger partial charge is 0.388 e. The fourth-order valence-corrected chi connectivity index (χ4v) is 3.38. The third-order valence-corrected chi connectivity index (χ3v) is 5.22. The van der Waals surface area contributed by atoms with E-state index in [1.54, 1.807) is 0 Å². The van der Waals surface area contributed by atoms with Crippen molar-refractivity contribution in [1.82, 2.24) is 15.6 Å². The maximum Gasteiger partial charge on any atom is 0.191 e. The van der Waals surface area contributed by atoms with Crippen molar-refractivity contribution in [2.45, 2.75) is 57.6 Å². The number of aromatic nitrogens is 1. The molecule has 1 aliphatic heterocycles. The summed E-state index contributed by atoms with van der Waals surface area (Å²) in [5.41, 5.74) is 0.628. The first-order valence-electron chi connectivity index (χ1n) is 9.53. The van der Waals surface area contributed by atoms with Gasteiger partial charge in [0.1, 0.15) is 5.82 Å². The van der Waals surface area contributed by atoms with E-state index in [2.05, 4.69) is 51.5 Å². The molecule has 1 aromatic rings. The van der Waals surface area contributed by atoms with Gasteiger partial charge in [0.2, 0.25) is 0 Å². The van der Waals surface area contributed by atoms with Gasteiger partial charge >= 0.3 is 0 Å². The highest BCUT2D eigenvalue weighted by Gasteiger charge is 2.34. The Kier molecular flexibility index (Phi) is 7.94. The number of aryl methyl sites for hydroxylation is 1. The van der Waals surface area contributed by atoms with Gasteiger partial charge < -0.3 is 20.6 Å². The molecule has 2 aliphatic rings. The van der Waals surface area contributed by atoms with Crippen LogP contribution in [0.25, 0.3) is 0 Å². The van der Waals surface area contributed by atoms with E-state index in [0.717, 1.165) is 63.5 Å². The first-order chi connectivity index (χ1) is 12.1. The smallest absolute Gasteiger partial charge is 0.191 e. The Morgan fingerprint density at radius 3 is 2.62 bits per heavy atom. The Labute approximate surface area is 173 Å². The number of halogens is 1. The van der Waals surface area contributed by atoms with Crippen LogP contribution in [0.4, 0.5) is 5.82 Å². The molecule has 6 nitrogen and oxygen atoms in total. The second-order valence-corrected chi connectivity index (χ2v) is 7.37. The Morgan fingerprint density at radius 2 is 2.08 bits per heavy atom. The molecule has 0 aromatic carbocycles. The molecule has 1 saturated carbocycles. The number of rotatable bonds is 5. The van der Waals surface area contributed by atoms with E-state index in [1.807, 2.05) is 6.20 Å². The number of pyridine rings is 1. The minimum absolute atomic E-state index is 0. The molecule has 0 amide bonds. The number of piperidine rings is 1. The molecule has 7 heteroatoms. The quantitative estimate of drug-likeness (QED) is 0.348. The van der Waals surface area contributed by atoms with Crippen LogP contribution in [-0.2, 0) is 0 Å². The lowest BCUT2D eigenvalue weighted by molar-refractivity contribution is -0.0236. The van der Waals surface area contributed by atoms with Gasteiger partial charge in [-0.15, -0.1) is 24.0 Å². The van der Waals surface area contributed by atoms with Crippen LogP contribution >= 0.6 is 24.0 Å². The normalized spacial score (nSPS) is 20.1. The lowest BCUT2D eigenvalue weighted by atomic mass is 9.80. The van der Waals surface area contributed by atoms with E-state index < -0.39 is 5.60 Å². The monoisotopic (exact) mass is 473 g/mol. The lowest BCUT2D eigenvalue weighted by Gasteiger charge is -2.36. The molecular formula is C19H32IN5O. The van der Waals surface area contributed by atoms with Crippen molar-refractivity contribution >= 4 is 35.8 Å². The molecule has 0 atom stereocenters. The van der Waals surface area contributed by atoms with Crippen LogP contribution in [0.15, 0.2) is 23.3 Å². The van der Waals surface area contributed by atoms with Crippen LogP contribution in [0.3, 0.4) is 0 Å². The fourth-order valence-electron chi connectivity index (χ4n) is 3.38. The number of guanidine groups is 1. The van der Waals surface area contributed by atoms with Crippen LogP contribution in [0, 0.1) is 6.92 Å². The molecule has 0 radical (unpaired) electrons. The summed E-state index contributed by atoms with van der Waals surface area (Å²) in [6.45, 7) is 7.45. The number of nitrogens with one attached hydrogen (secondary N) is 2. The van der Waals surface area contributed by atoms with Crippen molar-refractivity contribution < 1.29 is 5.11 Å². The first-order valence-corrected chi connectivity index (χ1v) is 9.53. The van der Waals surface area contributed by atoms with E-state index >= 15 is 0 Å². The van der Waals surface area contributed by atoms with Crippen molar-refractivity contribution in [2.24, 2.45) is 4.99 Å². The molecule has 3 N–H and O–H groups in total. The average molecular weight is 473 g/mol. The van der Waals surface area contributed by atoms with Crippen LogP contribution in [-0.4, -0.2) is 53.9 Å². The van der Waals surface area contributed by atoms with Gasteiger partial charge in [-0.1, -0.05) is 6.07 Å². The predicted molar refractivity (Wildman–Crippen MR) is 118 cm³/mol. The van der Waals surface area contributed by atoms with Gasteiger partial charge in [0, 0.05) is 31.9 Å². The number of hydrogen-bond acceptors (Lipinski definition) is 4. The highest BCUT2D eigenvalue weighted by molar-refractivity contribution is 14.0. The van der Waals surface area contributed by atoms with Gasteiger partial charge in [0.05, 0.1) is 12.1 Å². The molecule has 0 unspecified atom stereocenters. The van der Waals surface area contributed by atoms with Gasteiger partial charge in [-0.2, -0.15) is 0 Å². The summed E-state index contributed by atoms with van der Waals surface area (Å²) in [7, 11) is 0. The van der Waals surface area contributed by atoms with E-state index in [0.29, 0.717) is 12.6 Å². The summed E-state index contributed by atoms with van der Waals surface area (Å²) in [6.07, 6.45) is 6.91. The third kappa shape index (κ3) is 5.70. The summed E-state index contributed by atoms with van der Waals surface area (Å²) in [4.78, 5) is 11.5. The maximum atomic E-state index is 10.2. The minimum atomic E-state index is -0.567. The van der Waals surface area contributed by atoms with Crippen molar-refractivity contribution in [3.63, 3.8) is 0 Å². The minimum Gasteiger partial charge on any atom is -0.388 e. The highest BCUT2D eigenvalue weighted by atomic mass is 127. The number of aliphatic hydroxyl groups is 1. The molecular weight excluding hydrogens is 441 g/mol. The van der Waals surface area contributed by atoms with Crippen LogP contribution in [0.5, 0.6) is 0 Å². The molecule has 1 saturated heterocycles. The van der Waals surface area contributed by atoms with Crippen molar-refractivity contribution in [3.8, 4) is 0 Å². The zero-order valence-corrected chi connectivity index (χ0v) is 18.2. The molecule has 26 heavy (non-hydrogen) atoms. The Bertz CT molecular complexity index is 580. The molecule has 0 spiro atoms. The zero-order valence-electron chi connectivity index (χ0n) is 15.9. The molecule has 146 valence electrons. The molecule has 3 rings (SSSR count). The summed E-state index contributed by atoms with van der Waals surface area (Å²) >= 11 is 0. The van der Waals surface area contributed by atoms with E-state index in [9.17, 15) is 5.11 Å². The second-order valence-electron chi connectivity index (χ2n) is 7.37. The van der Waals surface area contributed by atoms with Gasteiger partial charge in [-0.05, 0) is 57.6 Å². The van der Waals surface area contributed by atoms with E-state index in [4.69, 9.17) is 0 Å². The van der Waals surface area contributed by atoms with Crippen LogP contribution < -0.4 is 15.5 Å². The topological polar surface area (TPSA) is 72.8 Å². The molecule has 1 aliphatic carbocycles. The Hall–Kier alpha value is -1.09. The van der Waals surface area contributed by atoms with Gasteiger partial charge in [-0.3, -0.25) is 4.99 Å². The van der Waals surface area contributed by atoms with Crippen LogP contribution in [0.2, 0.25) is 0 Å². The number of nitrogens with zero attached hydrogens (tertiary/aromatic N) is 3. The lowest BCUT2D eigenvalue weighted by Crippen LogP contribution is -2.49.